The number of rotatable bonds is 6. The van der Waals surface area contributed by atoms with Crippen molar-refractivity contribution in [1.29, 1.82) is 0 Å². The van der Waals surface area contributed by atoms with Crippen molar-refractivity contribution < 1.29 is 2.74 Å². The maximum atomic E-state index is 7.90. The van der Waals surface area contributed by atoms with E-state index in [1.54, 1.807) is 0 Å². The van der Waals surface area contributed by atoms with Gasteiger partial charge in [-0.25, -0.2) is 0 Å². The minimum absolute atomic E-state index is 0.485. The van der Waals surface area contributed by atoms with Crippen molar-refractivity contribution in [2.45, 2.75) is 0 Å². The summed E-state index contributed by atoms with van der Waals surface area (Å²) < 4.78 is 15.8. The lowest BCUT2D eigenvalue weighted by Gasteiger charge is -2.29. The van der Waals surface area contributed by atoms with Gasteiger partial charge in [-0.3, -0.25) is 0 Å². The van der Waals surface area contributed by atoms with Crippen LogP contribution in [0.15, 0.2) is 146 Å². The molecule has 32 heavy (non-hydrogen) atoms. The Morgan fingerprint density at radius 2 is 0.656 bits per heavy atom. The highest BCUT2D eigenvalue weighted by Crippen LogP contribution is 2.39. The highest BCUT2D eigenvalue weighted by atomic mass is 15.2. The van der Waals surface area contributed by atoms with Gasteiger partial charge in [-0.2, -0.15) is 0 Å². The Labute approximate surface area is 192 Å². The third-order valence-corrected chi connectivity index (χ3v) is 5.29. The Balaban J connectivity index is 1.65. The molecule has 0 aliphatic heterocycles. The number of nitrogens with zero attached hydrogens (tertiary/aromatic N) is 2. The minimum Gasteiger partial charge on any atom is -0.310 e. The fraction of sp³-hybridized carbons (Fsp3) is 0. The lowest BCUT2D eigenvalue weighted by Crippen LogP contribution is -2.13. The summed E-state index contributed by atoms with van der Waals surface area (Å²) in [5.41, 5.74) is 6.09. The van der Waals surface area contributed by atoms with Crippen LogP contribution in [0, 0.1) is 0 Å². The van der Waals surface area contributed by atoms with Crippen LogP contribution in [-0.4, -0.2) is 0 Å². The molecule has 5 rings (SSSR count). The summed E-state index contributed by atoms with van der Waals surface area (Å²) >= 11 is 0. The van der Waals surface area contributed by atoms with E-state index in [2.05, 4.69) is 58.3 Å². The fourth-order valence-corrected chi connectivity index (χ4v) is 3.87. The molecule has 0 atom stereocenters. The summed E-state index contributed by atoms with van der Waals surface area (Å²) in [5, 5.41) is 0. The van der Waals surface area contributed by atoms with E-state index in [1.165, 1.54) is 0 Å². The highest BCUT2D eigenvalue weighted by molar-refractivity contribution is 5.82. The van der Waals surface area contributed by atoms with Crippen molar-refractivity contribution in [3.63, 3.8) is 0 Å². The van der Waals surface area contributed by atoms with E-state index < -0.39 is 0 Å². The van der Waals surface area contributed by atoms with Gasteiger partial charge in [0.25, 0.3) is 0 Å². The summed E-state index contributed by atoms with van der Waals surface area (Å²) in [6.07, 6.45) is 0. The van der Waals surface area contributed by atoms with E-state index in [-0.39, 0.29) is 0 Å². The topological polar surface area (TPSA) is 6.48 Å². The van der Waals surface area contributed by atoms with Crippen LogP contribution in [0.25, 0.3) is 0 Å². The maximum absolute atomic E-state index is 7.90. The van der Waals surface area contributed by atoms with Crippen LogP contribution in [0.4, 0.5) is 34.1 Å². The molecule has 0 aromatic heterocycles. The fourth-order valence-electron chi connectivity index (χ4n) is 3.87. The Hall–Kier alpha value is -4.30. The standard InChI is InChI=1S/C30H24N2/c1-5-14-25(15-6-1)31(26-16-7-2-8-17-26)29-22-13-23-30(24-29)32(27-18-9-3-10-19-27)28-20-11-4-12-21-28/h1-24H/i1T,3T. The average Bonchev–Trinajstić information content (AvgIpc) is 2.88. The van der Waals surface area contributed by atoms with Gasteiger partial charge in [-0.15, -0.1) is 0 Å². The molecule has 0 unspecified atom stereocenters. The summed E-state index contributed by atoms with van der Waals surface area (Å²) in [5.74, 6) is 0. The zero-order chi connectivity index (χ0) is 23.3. The van der Waals surface area contributed by atoms with E-state index in [9.17, 15) is 0 Å². The first-order chi connectivity index (χ1) is 16.7. The molecule has 5 aromatic rings. The molecule has 0 bridgehead atoms. The highest BCUT2D eigenvalue weighted by Gasteiger charge is 2.16. The summed E-state index contributed by atoms with van der Waals surface area (Å²) in [7, 11) is 0. The predicted molar refractivity (Wildman–Crippen MR) is 136 cm³/mol. The van der Waals surface area contributed by atoms with Gasteiger partial charge < -0.3 is 9.80 Å². The van der Waals surface area contributed by atoms with Crippen LogP contribution in [-0.2, 0) is 0 Å². The van der Waals surface area contributed by atoms with Crippen molar-refractivity contribution in [2.24, 2.45) is 0 Å². The van der Waals surface area contributed by atoms with Crippen molar-refractivity contribution in [2.75, 3.05) is 9.80 Å². The number of para-hydroxylation sites is 4. The van der Waals surface area contributed by atoms with Gasteiger partial charge in [0.05, 0.1) is 2.74 Å². The van der Waals surface area contributed by atoms with Gasteiger partial charge in [0, 0.05) is 34.1 Å². The van der Waals surface area contributed by atoms with Gasteiger partial charge >= 0.3 is 0 Å². The first-order valence-corrected chi connectivity index (χ1v) is 10.6. The van der Waals surface area contributed by atoms with E-state index in [4.69, 9.17) is 2.74 Å². The van der Waals surface area contributed by atoms with Gasteiger partial charge in [0.15, 0.2) is 0 Å². The van der Waals surface area contributed by atoms with Gasteiger partial charge in [0.1, 0.15) is 0 Å². The molecule has 0 saturated carbocycles. The minimum atomic E-state index is 0.485. The van der Waals surface area contributed by atoms with Gasteiger partial charge in [-0.05, 0) is 66.7 Å². The van der Waals surface area contributed by atoms with Crippen LogP contribution in [0.5, 0.6) is 0 Å². The number of hydrogen-bond donors (Lipinski definition) is 0. The second kappa shape index (κ2) is 9.23. The quantitative estimate of drug-likeness (QED) is 0.273. The zero-order valence-electron chi connectivity index (χ0n) is 19.6. The van der Waals surface area contributed by atoms with Crippen LogP contribution < -0.4 is 9.80 Å². The van der Waals surface area contributed by atoms with E-state index in [0.29, 0.717) is 12.1 Å². The zero-order valence-corrected chi connectivity index (χ0v) is 17.6. The van der Waals surface area contributed by atoms with Crippen molar-refractivity contribution in [1.82, 2.24) is 0 Å². The molecule has 154 valence electrons. The SMILES string of the molecule is [3H]c1ccc(N(c2ccccc2)c2cccc(N(c3ccccc3)c3ccc([3H])cc3)c2)cc1. The molecule has 0 spiro atoms. The summed E-state index contributed by atoms with van der Waals surface area (Å²) in [6.45, 7) is 0. The van der Waals surface area contributed by atoms with Crippen molar-refractivity contribution in [3.8, 4) is 0 Å². The summed E-state index contributed by atoms with van der Waals surface area (Å²) in [4.78, 5) is 4.39. The molecule has 0 aliphatic rings. The lowest BCUT2D eigenvalue weighted by molar-refractivity contribution is 1.25. The number of benzene rings is 5. The molecule has 2 nitrogen and oxygen atoms in total. The molecule has 5 aromatic carbocycles. The van der Waals surface area contributed by atoms with E-state index in [0.717, 1.165) is 34.1 Å². The van der Waals surface area contributed by atoms with Crippen LogP contribution >= 0.6 is 0 Å². The van der Waals surface area contributed by atoms with Crippen LogP contribution in [0.2, 0.25) is 0 Å². The molecule has 0 fully saturated rings. The van der Waals surface area contributed by atoms with Gasteiger partial charge in [-0.1, -0.05) is 78.8 Å². The number of hydrogen-bond acceptors (Lipinski definition) is 2. The largest absolute Gasteiger partial charge is 0.310 e. The van der Waals surface area contributed by atoms with Crippen LogP contribution in [0.3, 0.4) is 0 Å². The normalized spacial score (nSPS) is 11.4. The molecule has 2 heteroatoms. The molecular weight excluding hydrogens is 388 g/mol. The maximum Gasteiger partial charge on any atom is 0.0623 e. The van der Waals surface area contributed by atoms with Crippen molar-refractivity contribution >= 4 is 34.1 Å². The molecule has 0 N–H and O–H groups in total. The third-order valence-electron chi connectivity index (χ3n) is 5.29. The van der Waals surface area contributed by atoms with E-state index in [1.807, 2.05) is 84.9 Å². The third kappa shape index (κ3) is 4.12. The van der Waals surface area contributed by atoms with Crippen molar-refractivity contribution in [3.05, 3.63) is 146 Å². The van der Waals surface area contributed by atoms with E-state index >= 15 is 0 Å². The average molecular weight is 417 g/mol. The molecular formula is C30H24N2. The second-order valence-electron chi connectivity index (χ2n) is 7.38. The first kappa shape index (κ1) is 17.4. The van der Waals surface area contributed by atoms with Crippen LogP contribution in [0.1, 0.15) is 2.74 Å². The second-order valence-corrected chi connectivity index (χ2v) is 7.38. The molecule has 0 amide bonds. The summed E-state index contributed by atoms with van der Waals surface area (Å²) in [6, 6.07) is 45.1. The smallest absolute Gasteiger partial charge is 0.0623 e. The van der Waals surface area contributed by atoms with Gasteiger partial charge in [0.2, 0.25) is 0 Å². The molecule has 0 heterocycles. The number of anilines is 6. The molecule has 0 aliphatic carbocycles. The monoisotopic (exact) mass is 416 g/mol. The lowest BCUT2D eigenvalue weighted by atomic mass is 10.1. The first-order valence-electron chi connectivity index (χ1n) is 11.6. The Morgan fingerprint density at radius 1 is 0.344 bits per heavy atom. The molecule has 0 radical (unpaired) electrons. The molecule has 0 saturated heterocycles. The Morgan fingerprint density at radius 3 is 1.03 bits per heavy atom. The Bertz CT molecular complexity index is 1250. The Kier molecular flexibility index (Phi) is 5.02. The predicted octanol–water partition coefficient (Wildman–Crippen LogP) is 8.63.